The van der Waals surface area contributed by atoms with Crippen LogP contribution in [0, 0.1) is 0 Å². The summed E-state index contributed by atoms with van der Waals surface area (Å²) in [5.41, 5.74) is 7.27. The number of carboxylic acids is 1. The summed E-state index contributed by atoms with van der Waals surface area (Å²) in [5, 5.41) is 15.3. The normalized spacial score (nSPS) is 18.5. The zero-order chi connectivity index (χ0) is 30.5. The fourth-order valence-corrected chi connectivity index (χ4v) is 5.82. The number of aromatic carboxylic acids is 1. The smallest absolute Gasteiger partial charge is 0.350 e. The molecule has 4 heterocycles. The van der Waals surface area contributed by atoms with Gasteiger partial charge in [0.2, 0.25) is 17.6 Å². The van der Waals surface area contributed by atoms with Crippen molar-refractivity contribution in [2.24, 2.45) is 5.16 Å². The van der Waals surface area contributed by atoms with Gasteiger partial charge >= 0.3 is 11.9 Å². The number of nitrogens with one attached hydrogen (secondary N) is 1. The van der Waals surface area contributed by atoms with E-state index in [1.54, 1.807) is 18.6 Å². The molecule has 0 aliphatic carbocycles. The number of hydrogen-bond donors (Lipinski definition) is 3. The summed E-state index contributed by atoms with van der Waals surface area (Å²) in [6.07, 6.45) is 3.91. The van der Waals surface area contributed by atoms with Crippen LogP contribution < -0.4 is 15.6 Å². The Labute approximate surface area is 253 Å². The molecule has 2 aliphatic rings. The quantitative estimate of drug-likeness (QED) is 0.0905. The highest BCUT2D eigenvalue weighted by molar-refractivity contribution is 8.00. The number of aromatic nitrogens is 3. The predicted octanol–water partition coefficient (Wildman–Crippen LogP) is 0.943. The number of nitrogens with two attached hydrogens (primary N) is 1. The first kappa shape index (κ1) is 29.7. The topological polar surface area (TPSA) is 190 Å². The molecule has 0 bridgehead atoms. The molecule has 43 heavy (non-hydrogen) atoms. The third-order valence-corrected chi connectivity index (χ3v) is 8.30. The average molecular weight is 625 g/mol. The lowest BCUT2D eigenvalue weighted by molar-refractivity contribution is -0.689. The predicted molar refractivity (Wildman–Crippen MR) is 154 cm³/mol. The molecule has 2 unspecified atom stereocenters. The molecule has 3 aromatic rings. The van der Waals surface area contributed by atoms with Gasteiger partial charge in [0, 0.05) is 41.2 Å². The van der Waals surface area contributed by atoms with Crippen LogP contribution in [0.4, 0.5) is 5.13 Å². The summed E-state index contributed by atoms with van der Waals surface area (Å²) in [7, 11) is 0. The van der Waals surface area contributed by atoms with Crippen molar-refractivity contribution in [2.45, 2.75) is 37.6 Å². The number of carbonyl (C=O) groups is 4. The molecule has 0 saturated carbocycles. The van der Waals surface area contributed by atoms with Crippen LogP contribution in [0.3, 0.4) is 0 Å². The summed E-state index contributed by atoms with van der Waals surface area (Å²) >= 11 is 2.32. The number of pyridine rings is 1. The van der Waals surface area contributed by atoms with Gasteiger partial charge in [0.1, 0.15) is 18.0 Å². The van der Waals surface area contributed by atoms with Crippen LogP contribution in [0.25, 0.3) is 0 Å². The van der Waals surface area contributed by atoms with Crippen molar-refractivity contribution in [1.82, 2.24) is 19.6 Å². The number of fused-ring (bicyclic) bond motifs is 1. The molecule has 0 radical (unpaired) electrons. The van der Waals surface area contributed by atoms with Crippen LogP contribution in [0.1, 0.15) is 28.7 Å². The van der Waals surface area contributed by atoms with Gasteiger partial charge in [0.15, 0.2) is 24.1 Å². The van der Waals surface area contributed by atoms with Gasteiger partial charge in [-0.3, -0.25) is 9.59 Å². The number of rotatable bonds is 11. The van der Waals surface area contributed by atoms with Crippen molar-refractivity contribution in [1.29, 1.82) is 0 Å². The molecular formula is C27H26N7O7S2+. The number of esters is 1. The number of carboxylic acid groups (broad SMARTS) is 1. The van der Waals surface area contributed by atoms with Crippen molar-refractivity contribution in [3.63, 3.8) is 0 Å². The Hall–Kier alpha value is -4.83. The number of ether oxygens (including phenoxy) is 1. The summed E-state index contributed by atoms with van der Waals surface area (Å²) in [4.78, 5) is 60.5. The highest BCUT2D eigenvalue weighted by Gasteiger charge is 2.50. The number of nitrogens with zero attached hydrogens (tertiary/aromatic N) is 5. The maximum Gasteiger partial charge on any atom is 0.350 e. The van der Waals surface area contributed by atoms with Gasteiger partial charge in [0.25, 0.3) is 11.8 Å². The van der Waals surface area contributed by atoms with Gasteiger partial charge in [-0.1, -0.05) is 35.5 Å². The maximum atomic E-state index is 13.3. The number of nitrogen functional groups attached to an aromatic ring is 1. The number of benzene rings is 1. The minimum atomic E-state index is -1.15. The van der Waals surface area contributed by atoms with Crippen LogP contribution in [-0.2, 0) is 37.1 Å². The Bertz CT molecular complexity index is 1590. The molecule has 16 heteroatoms. The second-order valence-corrected chi connectivity index (χ2v) is 11.4. The molecule has 0 spiro atoms. The Morgan fingerprint density at radius 2 is 1.98 bits per heavy atom. The zero-order valence-corrected chi connectivity index (χ0v) is 24.3. The zero-order valence-electron chi connectivity index (χ0n) is 22.7. The molecule has 14 nitrogen and oxygen atoms in total. The maximum absolute atomic E-state index is 13.3. The average Bonchev–Trinajstić information content (AvgIpc) is 3.44. The van der Waals surface area contributed by atoms with Crippen LogP contribution in [0.2, 0.25) is 0 Å². The molecule has 2 aromatic heterocycles. The number of hydrogen-bond acceptors (Lipinski definition) is 12. The summed E-state index contributed by atoms with van der Waals surface area (Å²) in [5.74, 6) is -2.32. The van der Waals surface area contributed by atoms with Crippen molar-refractivity contribution in [3.05, 3.63) is 83.6 Å². The molecule has 2 aliphatic heterocycles. The summed E-state index contributed by atoms with van der Waals surface area (Å²) < 4.78 is 11.1. The van der Waals surface area contributed by atoms with E-state index in [9.17, 15) is 19.2 Å². The van der Waals surface area contributed by atoms with Crippen molar-refractivity contribution >= 4 is 57.9 Å². The second kappa shape index (κ2) is 13.0. The van der Waals surface area contributed by atoms with E-state index in [2.05, 4.69) is 19.8 Å². The molecule has 1 saturated heterocycles. The summed E-state index contributed by atoms with van der Waals surface area (Å²) in [6.45, 7) is 1.93. The van der Waals surface area contributed by atoms with E-state index in [1.807, 2.05) is 34.9 Å². The molecular weight excluding hydrogens is 598 g/mol. The van der Waals surface area contributed by atoms with Gasteiger partial charge in [-0.25, -0.2) is 14.2 Å². The van der Waals surface area contributed by atoms with Gasteiger partial charge in [-0.15, -0.1) is 11.8 Å². The number of amides is 2. The largest absolute Gasteiger partial charge is 0.478 e. The van der Waals surface area contributed by atoms with E-state index in [0.29, 0.717) is 12.3 Å². The molecule has 222 valence electrons. The van der Waals surface area contributed by atoms with E-state index >= 15 is 0 Å². The van der Waals surface area contributed by atoms with Gasteiger partial charge in [0.05, 0.1) is 5.56 Å². The first-order valence-electron chi connectivity index (χ1n) is 12.9. The van der Waals surface area contributed by atoms with Crippen molar-refractivity contribution in [3.8, 4) is 0 Å². The highest BCUT2D eigenvalue weighted by Crippen LogP contribution is 2.36. The number of thioether (sulfide) groups is 1. The van der Waals surface area contributed by atoms with Crippen molar-refractivity contribution in [2.75, 3.05) is 11.5 Å². The standard InChI is InChI=1S/C27H25N7O7S2/c1-15(26(39)40-13-16-5-3-2-4-6-16)41-31-19(21-30-27(28)43-32-21)22(35)29-20-23(36)34-12-17(14-42-24(20)34)11-33-9-7-18(8-10-33)25(37)38/h2-10,12,15,20,24H,11,13-14H2,1H3,(H3-,28,29,30,32,35,37,38)/p+1/t15?,20?,24-/m0/s1. The van der Waals surface area contributed by atoms with E-state index < -0.39 is 30.0 Å². The third-order valence-electron chi connectivity index (χ3n) is 6.38. The Morgan fingerprint density at radius 1 is 1.23 bits per heavy atom. The number of β-lactam (4-membered cyclic amide) rings is 1. The van der Waals surface area contributed by atoms with Gasteiger partial charge in [-0.05, 0) is 12.5 Å². The highest BCUT2D eigenvalue weighted by atomic mass is 32.2. The fourth-order valence-electron chi connectivity index (χ4n) is 4.13. The number of carbonyl (C=O) groups excluding carboxylic acids is 3. The second-order valence-electron chi connectivity index (χ2n) is 9.49. The molecule has 3 atom stereocenters. The lowest BCUT2D eigenvalue weighted by atomic mass is 10.1. The number of oxime groups is 1. The molecule has 4 N–H and O–H groups in total. The van der Waals surface area contributed by atoms with Crippen molar-refractivity contribution < 1.29 is 38.4 Å². The van der Waals surface area contributed by atoms with Crippen LogP contribution in [0.15, 0.2) is 71.8 Å². The Morgan fingerprint density at radius 3 is 2.65 bits per heavy atom. The van der Waals surface area contributed by atoms with E-state index in [-0.39, 0.29) is 40.1 Å². The van der Waals surface area contributed by atoms with Crippen LogP contribution in [-0.4, -0.2) is 72.1 Å². The fraction of sp³-hybridized carbons (Fsp3) is 0.259. The summed E-state index contributed by atoms with van der Waals surface area (Å²) in [6, 6.07) is 11.3. The van der Waals surface area contributed by atoms with Crippen LogP contribution in [0.5, 0.6) is 0 Å². The molecule has 1 aromatic carbocycles. The number of anilines is 1. The SMILES string of the molecule is CC(ON=C(C(=O)NC1C(=O)N2C=C(C[n+]3ccc(C(=O)O)cc3)CS[C@@H]12)c1nsc(N)n1)C(=O)OCc1ccccc1. The van der Waals surface area contributed by atoms with Gasteiger partial charge in [-0.2, -0.15) is 9.36 Å². The van der Waals surface area contributed by atoms with E-state index in [1.165, 1.54) is 35.7 Å². The Kier molecular flexibility index (Phi) is 8.96. The molecule has 1 fully saturated rings. The van der Waals surface area contributed by atoms with E-state index in [4.69, 9.17) is 20.4 Å². The monoisotopic (exact) mass is 624 g/mol. The van der Waals surface area contributed by atoms with E-state index in [0.717, 1.165) is 22.7 Å². The first-order valence-corrected chi connectivity index (χ1v) is 14.7. The lowest BCUT2D eigenvalue weighted by Gasteiger charge is -2.47. The lowest BCUT2D eigenvalue weighted by Crippen LogP contribution is -2.69. The van der Waals surface area contributed by atoms with Gasteiger partial charge < -0.3 is 30.6 Å². The molecule has 2 amide bonds. The van der Waals surface area contributed by atoms with Crippen LogP contribution >= 0.6 is 23.3 Å². The third kappa shape index (κ3) is 6.98. The first-order chi connectivity index (χ1) is 20.7. The minimum absolute atomic E-state index is 0.0415. The molecule has 5 rings (SSSR count). The minimum Gasteiger partial charge on any atom is -0.478 e. The Balaban J connectivity index is 1.21.